The summed E-state index contributed by atoms with van der Waals surface area (Å²) >= 11 is 8.72. The molecule has 0 aliphatic rings. The highest BCUT2D eigenvalue weighted by molar-refractivity contribution is 7.22. The number of halogens is 1. The molecule has 1 aromatic carbocycles. The second-order valence-corrected chi connectivity index (χ2v) is 8.11. The van der Waals surface area contributed by atoms with E-state index in [1.54, 1.807) is 13.0 Å². The molecular formula is C19H14ClN3O3S2. The lowest BCUT2D eigenvalue weighted by atomic mass is 10.2. The van der Waals surface area contributed by atoms with E-state index >= 15 is 0 Å². The van der Waals surface area contributed by atoms with E-state index < -0.39 is 18.0 Å². The maximum Gasteiger partial charge on any atom is 0.351 e. The number of nitriles is 1. The molecule has 1 unspecified atom stereocenters. The van der Waals surface area contributed by atoms with E-state index in [9.17, 15) is 9.59 Å². The molecule has 28 heavy (non-hydrogen) atoms. The number of hydrogen-bond donors (Lipinski definition) is 1. The third-order valence-electron chi connectivity index (χ3n) is 3.72. The zero-order valence-corrected chi connectivity index (χ0v) is 17.2. The average molecular weight is 432 g/mol. The van der Waals surface area contributed by atoms with Crippen LogP contribution in [0.25, 0.3) is 9.88 Å². The van der Waals surface area contributed by atoms with Crippen LogP contribution in [-0.4, -0.2) is 23.0 Å². The Kier molecular flexibility index (Phi) is 6.09. The minimum absolute atomic E-state index is 0.228. The van der Waals surface area contributed by atoms with E-state index in [1.807, 2.05) is 23.6 Å². The molecule has 0 radical (unpaired) electrons. The van der Waals surface area contributed by atoms with E-state index in [-0.39, 0.29) is 5.02 Å². The highest BCUT2D eigenvalue weighted by atomic mass is 35.5. The number of carbonyl (C=O) groups is 2. The van der Waals surface area contributed by atoms with Crippen molar-refractivity contribution in [3.05, 3.63) is 56.9 Å². The van der Waals surface area contributed by atoms with Crippen LogP contribution in [0.5, 0.6) is 0 Å². The molecule has 1 N–H and O–H groups in total. The third-order valence-corrected chi connectivity index (χ3v) is 6.21. The minimum atomic E-state index is -1.02. The van der Waals surface area contributed by atoms with Crippen LogP contribution >= 0.6 is 34.3 Å². The maximum absolute atomic E-state index is 12.5. The maximum atomic E-state index is 12.5. The van der Waals surface area contributed by atoms with E-state index in [0.717, 1.165) is 9.88 Å². The largest absolute Gasteiger partial charge is 0.448 e. The molecule has 142 valence electrons. The molecule has 6 nitrogen and oxygen atoms in total. The van der Waals surface area contributed by atoms with Gasteiger partial charge < -0.3 is 10.1 Å². The van der Waals surface area contributed by atoms with E-state index in [4.69, 9.17) is 21.6 Å². The summed E-state index contributed by atoms with van der Waals surface area (Å²) in [7, 11) is 0. The first-order valence-electron chi connectivity index (χ1n) is 8.12. The number of rotatable bonds is 5. The van der Waals surface area contributed by atoms with Crippen LogP contribution in [0.3, 0.4) is 0 Å². The fourth-order valence-electron chi connectivity index (χ4n) is 2.29. The number of aromatic nitrogens is 1. The van der Waals surface area contributed by atoms with E-state index in [2.05, 4.69) is 10.3 Å². The predicted molar refractivity (Wildman–Crippen MR) is 110 cm³/mol. The molecule has 2 heterocycles. The van der Waals surface area contributed by atoms with E-state index in [0.29, 0.717) is 21.8 Å². The SMILES string of the molecule is Cc1nc(-c2cccs2)sc1C(=O)OC(C)C(=O)Nc1ccc(C#N)c(Cl)c1. The lowest BCUT2D eigenvalue weighted by Crippen LogP contribution is -2.30. The second kappa shape index (κ2) is 8.52. The Morgan fingerprint density at radius 3 is 2.79 bits per heavy atom. The summed E-state index contributed by atoms with van der Waals surface area (Å²) in [5.74, 6) is -1.10. The van der Waals surface area contributed by atoms with Crippen LogP contribution < -0.4 is 5.32 Å². The Morgan fingerprint density at radius 1 is 1.36 bits per heavy atom. The Hall–Kier alpha value is -2.73. The first-order valence-corrected chi connectivity index (χ1v) is 10.2. The Bertz CT molecular complexity index is 1070. The number of aryl methyl sites for hydroxylation is 1. The Balaban J connectivity index is 1.66. The van der Waals surface area contributed by atoms with Gasteiger partial charge >= 0.3 is 5.97 Å². The molecular weight excluding hydrogens is 418 g/mol. The predicted octanol–water partition coefficient (Wildman–Crippen LogP) is 4.89. The fourth-order valence-corrected chi connectivity index (χ4v) is 4.26. The lowest BCUT2D eigenvalue weighted by Gasteiger charge is -2.13. The van der Waals surface area contributed by atoms with Crippen LogP contribution in [0.4, 0.5) is 5.69 Å². The normalized spacial score (nSPS) is 11.5. The number of nitrogens with zero attached hydrogens (tertiary/aromatic N) is 2. The van der Waals surface area contributed by atoms with Crippen molar-refractivity contribution >= 4 is 51.8 Å². The first kappa shape index (κ1) is 20.0. The van der Waals surface area contributed by atoms with Crippen molar-refractivity contribution in [3.8, 4) is 16.0 Å². The molecule has 0 spiro atoms. The number of nitrogens with one attached hydrogen (secondary N) is 1. The molecule has 3 aromatic rings. The number of ether oxygens (including phenoxy) is 1. The highest BCUT2D eigenvalue weighted by Crippen LogP contribution is 2.31. The van der Waals surface area contributed by atoms with Gasteiger partial charge in [-0.15, -0.1) is 22.7 Å². The van der Waals surface area contributed by atoms with Gasteiger partial charge in [-0.1, -0.05) is 17.7 Å². The highest BCUT2D eigenvalue weighted by Gasteiger charge is 2.23. The summed E-state index contributed by atoms with van der Waals surface area (Å²) in [6.45, 7) is 3.21. The van der Waals surface area contributed by atoms with Crippen molar-refractivity contribution in [3.63, 3.8) is 0 Å². The quantitative estimate of drug-likeness (QED) is 0.580. The molecule has 1 atom stereocenters. The average Bonchev–Trinajstić information content (AvgIpc) is 3.31. The number of benzene rings is 1. The van der Waals surface area contributed by atoms with Gasteiger partial charge in [-0.2, -0.15) is 5.26 Å². The monoisotopic (exact) mass is 431 g/mol. The number of carbonyl (C=O) groups excluding carboxylic acids is 2. The van der Waals surface area contributed by atoms with Gasteiger partial charge in [0, 0.05) is 5.69 Å². The van der Waals surface area contributed by atoms with Gasteiger partial charge in [-0.25, -0.2) is 9.78 Å². The summed E-state index contributed by atoms with van der Waals surface area (Å²) in [5, 5.41) is 14.4. The number of esters is 1. The number of hydrogen-bond acceptors (Lipinski definition) is 7. The minimum Gasteiger partial charge on any atom is -0.448 e. The zero-order chi connectivity index (χ0) is 20.3. The van der Waals surface area contributed by atoms with Crippen molar-refractivity contribution in [2.45, 2.75) is 20.0 Å². The smallest absolute Gasteiger partial charge is 0.351 e. The van der Waals surface area contributed by atoms with Crippen molar-refractivity contribution in [1.29, 1.82) is 5.26 Å². The molecule has 0 aliphatic carbocycles. The third kappa shape index (κ3) is 4.39. The van der Waals surface area contributed by atoms with Gasteiger partial charge in [-0.05, 0) is 43.5 Å². The summed E-state index contributed by atoms with van der Waals surface area (Å²) in [6.07, 6.45) is -1.02. The summed E-state index contributed by atoms with van der Waals surface area (Å²) in [5.41, 5.74) is 1.28. The van der Waals surface area contributed by atoms with Crippen LogP contribution in [0, 0.1) is 18.3 Å². The number of thiazole rings is 1. The molecule has 3 rings (SSSR count). The van der Waals surface area contributed by atoms with E-state index in [1.165, 1.54) is 41.7 Å². The summed E-state index contributed by atoms with van der Waals surface area (Å²) < 4.78 is 5.29. The second-order valence-electron chi connectivity index (χ2n) is 5.75. The summed E-state index contributed by atoms with van der Waals surface area (Å²) in [4.78, 5) is 30.5. The van der Waals surface area contributed by atoms with Crippen LogP contribution in [0.15, 0.2) is 35.7 Å². The zero-order valence-electron chi connectivity index (χ0n) is 14.9. The van der Waals surface area contributed by atoms with Crippen molar-refractivity contribution in [1.82, 2.24) is 4.98 Å². The van der Waals surface area contributed by atoms with Gasteiger partial charge in [0.05, 0.1) is 21.2 Å². The number of anilines is 1. The van der Waals surface area contributed by atoms with Gasteiger partial charge in [0.1, 0.15) is 16.0 Å². The van der Waals surface area contributed by atoms with Crippen LogP contribution in [0.1, 0.15) is 27.9 Å². The Labute approximate surface area is 174 Å². The van der Waals surface area contributed by atoms with Crippen molar-refractivity contribution in [2.75, 3.05) is 5.32 Å². The van der Waals surface area contributed by atoms with Gasteiger partial charge in [0.2, 0.25) is 0 Å². The molecule has 2 aromatic heterocycles. The van der Waals surface area contributed by atoms with Gasteiger partial charge in [0.25, 0.3) is 5.91 Å². The summed E-state index contributed by atoms with van der Waals surface area (Å²) in [6, 6.07) is 10.3. The molecule has 0 saturated carbocycles. The number of thiophene rings is 1. The van der Waals surface area contributed by atoms with Crippen LogP contribution in [-0.2, 0) is 9.53 Å². The fraction of sp³-hybridized carbons (Fsp3) is 0.158. The van der Waals surface area contributed by atoms with Gasteiger partial charge in [-0.3, -0.25) is 4.79 Å². The molecule has 0 bridgehead atoms. The Morgan fingerprint density at radius 2 is 2.14 bits per heavy atom. The van der Waals surface area contributed by atoms with Crippen LogP contribution in [0.2, 0.25) is 5.02 Å². The molecule has 1 amide bonds. The standard InChI is InChI=1S/C19H14ClN3O3S2/c1-10-16(28-18(22-10)15-4-3-7-27-15)19(25)26-11(2)17(24)23-13-6-5-12(9-21)14(20)8-13/h3-8,11H,1-2H3,(H,23,24). The molecule has 0 fully saturated rings. The topological polar surface area (TPSA) is 92.1 Å². The van der Waals surface area contributed by atoms with Gasteiger partial charge in [0.15, 0.2) is 6.10 Å². The number of amides is 1. The lowest BCUT2D eigenvalue weighted by molar-refractivity contribution is -0.123. The molecule has 0 aliphatic heterocycles. The molecule has 9 heteroatoms. The first-order chi connectivity index (χ1) is 13.4. The van der Waals surface area contributed by atoms with Crippen molar-refractivity contribution < 1.29 is 14.3 Å². The van der Waals surface area contributed by atoms with Crippen molar-refractivity contribution in [2.24, 2.45) is 0 Å². The molecule has 0 saturated heterocycles.